The van der Waals surface area contributed by atoms with E-state index in [0.29, 0.717) is 11.7 Å². The molecular weight excluding hydrogens is 272 g/mol. The predicted octanol–water partition coefficient (Wildman–Crippen LogP) is 5.27. The Morgan fingerprint density at radius 2 is 1.91 bits per heavy atom. The van der Waals surface area contributed by atoms with Crippen molar-refractivity contribution in [2.24, 2.45) is 0 Å². The Hall–Kier alpha value is -1.02. The van der Waals surface area contributed by atoms with Crippen LogP contribution in [0.25, 0.3) is 0 Å². The Morgan fingerprint density at radius 1 is 1.14 bits per heavy atom. The fraction of sp³-hybridized carbons (Fsp3) is 0.700. The number of phenols is 1. The van der Waals surface area contributed by atoms with Gasteiger partial charge < -0.3 is 10.2 Å². The second-order valence-corrected chi connectivity index (χ2v) is 7.63. The molecule has 2 atom stereocenters. The summed E-state index contributed by atoms with van der Waals surface area (Å²) in [5.41, 5.74) is 2.35. The topological polar surface area (TPSA) is 40.5 Å². The number of aromatic hydroxyl groups is 1. The van der Waals surface area contributed by atoms with Gasteiger partial charge in [-0.25, -0.2) is 0 Å². The number of hydrogen-bond donors (Lipinski definition) is 2. The van der Waals surface area contributed by atoms with Crippen molar-refractivity contribution in [2.75, 3.05) is 0 Å². The molecule has 0 aromatic heterocycles. The third-order valence-electron chi connectivity index (χ3n) is 5.31. The minimum Gasteiger partial charge on any atom is -0.508 e. The first kappa shape index (κ1) is 17.3. The van der Waals surface area contributed by atoms with Gasteiger partial charge in [0.1, 0.15) is 5.75 Å². The molecule has 1 aliphatic rings. The van der Waals surface area contributed by atoms with Crippen molar-refractivity contribution in [3.63, 3.8) is 0 Å². The number of hydrogen-bond acceptors (Lipinski definition) is 2. The molecule has 22 heavy (non-hydrogen) atoms. The van der Waals surface area contributed by atoms with E-state index in [1.54, 1.807) is 0 Å². The number of rotatable bonds is 7. The summed E-state index contributed by atoms with van der Waals surface area (Å²) in [6.45, 7) is 6.78. The molecule has 2 heteroatoms. The monoisotopic (exact) mass is 304 g/mol. The average molecular weight is 304 g/mol. The molecule has 0 amide bonds. The van der Waals surface area contributed by atoms with Gasteiger partial charge >= 0.3 is 0 Å². The predicted molar refractivity (Wildman–Crippen MR) is 92.5 cm³/mol. The number of benzene rings is 1. The molecule has 2 nitrogen and oxygen atoms in total. The molecular formula is C20H32O2. The van der Waals surface area contributed by atoms with Gasteiger partial charge in [-0.15, -0.1) is 0 Å². The highest BCUT2D eigenvalue weighted by Crippen LogP contribution is 2.40. The summed E-state index contributed by atoms with van der Waals surface area (Å²) in [6, 6.07) is 6.22. The Bertz CT molecular complexity index is 479. The van der Waals surface area contributed by atoms with Crippen LogP contribution in [-0.4, -0.2) is 16.3 Å². The van der Waals surface area contributed by atoms with Crippen LogP contribution < -0.4 is 0 Å². The molecule has 1 saturated carbocycles. The van der Waals surface area contributed by atoms with Crippen molar-refractivity contribution in [1.82, 2.24) is 0 Å². The zero-order chi connectivity index (χ0) is 16.2. The molecule has 0 spiro atoms. The van der Waals surface area contributed by atoms with Crippen LogP contribution in [0.5, 0.6) is 5.75 Å². The summed E-state index contributed by atoms with van der Waals surface area (Å²) in [6.07, 6.45) is 8.71. The fourth-order valence-corrected chi connectivity index (χ4v) is 3.69. The molecule has 124 valence electrons. The summed E-state index contributed by atoms with van der Waals surface area (Å²) in [4.78, 5) is 0. The van der Waals surface area contributed by atoms with E-state index in [2.05, 4.69) is 32.9 Å². The van der Waals surface area contributed by atoms with Gasteiger partial charge in [-0.1, -0.05) is 58.6 Å². The number of unbranched alkanes of at least 4 members (excludes halogenated alkanes) is 3. The van der Waals surface area contributed by atoms with Gasteiger partial charge in [0.15, 0.2) is 0 Å². The SMILES string of the molecule is CCCCCCC(C)(C)c1ccc(C2CCC(O)C2)c(O)c1. The van der Waals surface area contributed by atoms with Crippen molar-refractivity contribution in [3.05, 3.63) is 29.3 Å². The van der Waals surface area contributed by atoms with Crippen molar-refractivity contribution in [1.29, 1.82) is 0 Å². The lowest BCUT2D eigenvalue weighted by Crippen LogP contribution is -2.17. The summed E-state index contributed by atoms with van der Waals surface area (Å²) in [5, 5.41) is 20.1. The van der Waals surface area contributed by atoms with Gasteiger partial charge in [-0.2, -0.15) is 0 Å². The molecule has 0 saturated heterocycles. The molecule has 0 heterocycles. The van der Waals surface area contributed by atoms with E-state index >= 15 is 0 Å². The third kappa shape index (κ3) is 4.25. The summed E-state index contributed by atoms with van der Waals surface area (Å²) >= 11 is 0. The average Bonchev–Trinajstić information content (AvgIpc) is 2.90. The van der Waals surface area contributed by atoms with E-state index in [4.69, 9.17) is 0 Å². The summed E-state index contributed by atoms with van der Waals surface area (Å²) < 4.78 is 0. The minimum absolute atomic E-state index is 0.110. The van der Waals surface area contributed by atoms with Crippen LogP contribution in [0.2, 0.25) is 0 Å². The number of aliphatic hydroxyl groups is 1. The molecule has 1 aliphatic carbocycles. The largest absolute Gasteiger partial charge is 0.508 e. The van der Waals surface area contributed by atoms with Crippen LogP contribution in [0.1, 0.15) is 89.2 Å². The highest BCUT2D eigenvalue weighted by molar-refractivity contribution is 5.41. The summed E-state index contributed by atoms with van der Waals surface area (Å²) in [7, 11) is 0. The maximum atomic E-state index is 10.4. The van der Waals surface area contributed by atoms with Gasteiger partial charge in [0.05, 0.1) is 6.10 Å². The lowest BCUT2D eigenvalue weighted by Gasteiger charge is -2.26. The van der Waals surface area contributed by atoms with Gasteiger partial charge in [-0.05, 0) is 54.2 Å². The Balaban J connectivity index is 2.04. The first-order valence-corrected chi connectivity index (χ1v) is 8.95. The molecule has 0 aliphatic heterocycles. The van der Waals surface area contributed by atoms with Crippen LogP contribution in [-0.2, 0) is 5.41 Å². The smallest absolute Gasteiger partial charge is 0.119 e. The van der Waals surface area contributed by atoms with Crippen LogP contribution in [0, 0.1) is 0 Å². The maximum absolute atomic E-state index is 10.4. The first-order valence-electron chi connectivity index (χ1n) is 8.95. The van der Waals surface area contributed by atoms with Gasteiger partial charge in [0.25, 0.3) is 0 Å². The van der Waals surface area contributed by atoms with Crippen LogP contribution in [0.3, 0.4) is 0 Å². The standard InChI is InChI=1S/C20H32O2/c1-4-5-6-7-12-20(2,3)16-9-11-18(19(22)14-16)15-8-10-17(21)13-15/h9,11,14-15,17,21-22H,4-8,10,12-13H2,1-3H3. The Kier molecular flexibility index (Phi) is 5.91. The van der Waals surface area contributed by atoms with Crippen LogP contribution in [0.15, 0.2) is 18.2 Å². The molecule has 1 fully saturated rings. The van der Waals surface area contributed by atoms with Crippen molar-refractivity contribution in [3.8, 4) is 5.75 Å². The van der Waals surface area contributed by atoms with E-state index in [-0.39, 0.29) is 11.5 Å². The van der Waals surface area contributed by atoms with Gasteiger partial charge in [-0.3, -0.25) is 0 Å². The second-order valence-electron chi connectivity index (χ2n) is 7.63. The lowest BCUT2D eigenvalue weighted by molar-refractivity contribution is 0.181. The van der Waals surface area contributed by atoms with Crippen LogP contribution in [0.4, 0.5) is 0 Å². The zero-order valence-electron chi connectivity index (χ0n) is 14.4. The Morgan fingerprint density at radius 3 is 2.50 bits per heavy atom. The molecule has 1 aromatic rings. The molecule has 2 rings (SSSR count). The van der Waals surface area contributed by atoms with Gasteiger partial charge in [0.2, 0.25) is 0 Å². The van der Waals surface area contributed by atoms with E-state index in [0.717, 1.165) is 31.2 Å². The van der Waals surface area contributed by atoms with Crippen LogP contribution >= 0.6 is 0 Å². The first-order chi connectivity index (χ1) is 10.4. The molecule has 2 unspecified atom stereocenters. The van der Waals surface area contributed by atoms with E-state index in [1.165, 1.54) is 31.2 Å². The molecule has 0 bridgehead atoms. The third-order valence-corrected chi connectivity index (χ3v) is 5.31. The molecule has 1 aromatic carbocycles. The highest BCUT2D eigenvalue weighted by atomic mass is 16.3. The fourth-order valence-electron chi connectivity index (χ4n) is 3.69. The van der Waals surface area contributed by atoms with E-state index < -0.39 is 0 Å². The Labute approximate surface area is 135 Å². The normalized spacial score (nSPS) is 22.2. The minimum atomic E-state index is -0.195. The van der Waals surface area contributed by atoms with Gasteiger partial charge in [0, 0.05) is 0 Å². The molecule has 2 N–H and O–H groups in total. The van der Waals surface area contributed by atoms with E-state index in [1.807, 2.05) is 6.07 Å². The highest BCUT2D eigenvalue weighted by Gasteiger charge is 2.27. The number of aliphatic hydroxyl groups excluding tert-OH is 1. The molecule has 0 radical (unpaired) electrons. The van der Waals surface area contributed by atoms with E-state index in [9.17, 15) is 10.2 Å². The zero-order valence-corrected chi connectivity index (χ0v) is 14.4. The maximum Gasteiger partial charge on any atom is 0.119 e. The summed E-state index contributed by atoms with van der Waals surface area (Å²) in [5.74, 6) is 0.731. The van der Waals surface area contributed by atoms with Crippen molar-refractivity contribution in [2.45, 2.75) is 89.6 Å². The van der Waals surface area contributed by atoms with Crippen molar-refractivity contribution < 1.29 is 10.2 Å². The lowest BCUT2D eigenvalue weighted by atomic mass is 9.79. The number of phenolic OH excluding ortho intramolecular Hbond substituents is 1. The quantitative estimate of drug-likeness (QED) is 0.674. The van der Waals surface area contributed by atoms with Crippen molar-refractivity contribution >= 4 is 0 Å². The second kappa shape index (κ2) is 7.50.